The zero-order valence-electron chi connectivity index (χ0n) is 18.7. The summed E-state index contributed by atoms with van der Waals surface area (Å²) in [5, 5.41) is 18.8. The Bertz CT molecular complexity index is 1520. The van der Waals surface area contributed by atoms with E-state index >= 15 is 0 Å². The molecule has 5 heterocycles. The standard InChI is InChI=1S/C25H21N7O3/c33-25(34)18-4-1-3-17(13-18)20-6-8-31(28-20)22-15-24(30-9-11-35-12-10-30)32-23(27-22)14-21(29-32)19-5-2-7-26-16-19/h1-8,13-16H,9-12H2,(H,33,34). The van der Waals surface area contributed by atoms with Gasteiger partial charge >= 0.3 is 5.97 Å². The number of carboxylic acids is 1. The smallest absolute Gasteiger partial charge is 0.335 e. The van der Waals surface area contributed by atoms with Crippen molar-refractivity contribution in [1.82, 2.24) is 29.4 Å². The first-order valence-electron chi connectivity index (χ1n) is 11.2. The van der Waals surface area contributed by atoms with Crippen molar-refractivity contribution < 1.29 is 14.6 Å². The minimum absolute atomic E-state index is 0.216. The molecule has 1 N–H and O–H groups in total. The van der Waals surface area contributed by atoms with Crippen molar-refractivity contribution in [2.75, 3.05) is 31.2 Å². The van der Waals surface area contributed by atoms with Gasteiger partial charge in [0, 0.05) is 54.9 Å². The molecule has 0 saturated carbocycles. The lowest BCUT2D eigenvalue weighted by Crippen LogP contribution is -2.37. The number of aromatic carboxylic acids is 1. The number of rotatable bonds is 5. The lowest BCUT2D eigenvalue weighted by atomic mass is 10.1. The normalized spacial score (nSPS) is 13.9. The highest BCUT2D eigenvalue weighted by molar-refractivity contribution is 5.89. The topological polar surface area (TPSA) is 111 Å². The Morgan fingerprint density at radius 2 is 1.80 bits per heavy atom. The van der Waals surface area contributed by atoms with Gasteiger partial charge in [0.2, 0.25) is 0 Å². The molecule has 0 amide bonds. The fourth-order valence-electron chi connectivity index (χ4n) is 4.15. The molecule has 1 fully saturated rings. The Hall–Kier alpha value is -4.57. The van der Waals surface area contributed by atoms with Gasteiger partial charge in [0.25, 0.3) is 0 Å². The van der Waals surface area contributed by atoms with Crippen LogP contribution in [0, 0.1) is 0 Å². The second-order valence-electron chi connectivity index (χ2n) is 8.14. The molecule has 1 aliphatic rings. The van der Waals surface area contributed by atoms with Gasteiger partial charge in [-0.2, -0.15) is 14.7 Å². The number of anilines is 1. The molecule has 1 aliphatic heterocycles. The maximum absolute atomic E-state index is 11.4. The number of hydrogen-bond acceptors (Lipinski definition) is 7. The summed E-state index contributed by atoms with van der Waals surface area (Å²) in [6.45, 7) is 2.77. The van der Waals surface area contributed by atoms with Gasteiger partial charge in [0.1, 0.15) is 5.82 Å². The lowest BCUT2D eigenvalue weighted by molar-refractivity contribution is 0.0697. The fraction of sp³-hybridized carbons (Fsp3) is 0.160. The fourth-order valence-corrected chi connectivity index (χ4v) is 4.15. The first-order chi connectivity index (χ1) is 17.2. The predicted octanol–water partition coefficient (Wildman–Crippen LogP) is 3.18. The molecule has 6 rings (SSSR count). The van der Waals surface area contributed by atoms with E-state index in [1.807, 2.05) is 47.1 Å². The number of morpholine rings is 1. The summed E-state index contributed by atoms with van der Waals surface area (Å²) < 4.78 is 9.09. The molecule has 5 aromatic rings. The van der Waals surface area contributed by atoms with E-state index in [1.54, 1.807) is 35.3 Å². The number of carbonyl (C=O) groups is 1. The number of carboxylic acid groups (broad SMARTS) is 1. The third kappa shape index (κ3) is 4.00. The van der Waals surface area contributed by atoms with Crippen molar-refractivity contribution in [3.05, 3.63) is 78.8 Å². The monoisotopic (exact) mass is 467 g/mol. The zero-order chi connectivity index (χ0) is 23.8. The Morgan fingerprint density at radius 1 is 0.943 bits per heavy atom. The first kappa shape index (κ1) is 21.0. The van der Waals surface area contributed by atoms with E-state index in [0.717, 1.165) is 35.7 Å². The van der Waals surface area contributed by atoms with Crippen LogP contribution in [0.5, 0.6) is 0 Å². The van der Waals surface area contributed by atoms with Crippen LogP contribution in [0.3, 0.4) is 0 Å². The molecule has 0 unspecified atom stereocenters. The summed E-state index contributed by atoms with van der Waals surface area (Å²) in [6.07, 6.45) is 5.33. The van der Waals surface area contributed by atoms with Crippen molar-refractivity contribution in [2.24, 2.45) is 0 Å². The van der Waals surface area contributed by atoms with Crippen LogP contribution < -0.4 is 4.90 Å². The number of benzene rings is 1. The van der Waals surface area contributed by atoms with E-state index in [9.17, 15) is 9.90 Å². The molecule has 0 radical (unpaired) electrons. The second kappa shape index (κ2) is 8.65. The highest BCUT2D eigenvalue weighted by Crippen LogP contribution is 2.26. The minimum Gasteiger partial charge on any atom is -0.478 e. The molecule has 1 saturated heterocycles. The van der Waals surface area contributed by atoms with E-state index in [1.165, 1.54) is 0 Å². The summed E-state index contributed by atoms with van der Waals surface area (Å²) in [6, 6.07) is 16.3. The third-order valence-corrected chi connectivity index (χ3v) is 5.92. The lowest BCUT2D eigenvalue weighted by Gasteiger charge is -2.29. The van der Waals surface area contributed by atoms with Crippen molar-refractivity contribution in [2.45, 2.75) is 0 Å². The van der Waals surface area contributed by atoms with Crippen molar-refractivity contribution >= 4 is 17.4 Å². The van der Waals surface area contributed by atoms with Crippen molar-refractivity contribution in [3.63, 3.8) is 0 Å². The number of pyridine rings is 1. The van der Waals surface area contributed by atoms with Crippen LogP contribution in [0.25, 0.3) is 34.0 Å². The van der Waals surface area contributed by atoms with Gasteiger partial charge in [0.05, 0.1) is 30.2 Å². The number of nitrogens with zero attached hydrogens (tertiary/aromatic N) is 7. The van der Waals surface area contributed by atoms with Crippen molar-refractivity contribution in [1.29, 1.82) is 0 Å². The molecule has 0 bridgehead atoms. The summed E-state index contributed by atoms with van der Waals surface area (Å²) in [7, 11) is 0. The summed E-state index contributed by atoms with van der Waals surface area (Å²) in [4.78, 5) is 22.6. The maximum atomic E-state index is 11.4. The Kier molecular flexibility index (Phi) is 5.19. The van der Waals surface area contributed by atoms with Gasteiger partial charge in [-0.15, -0.1) is 0 Å². The van der Waals surface area contributed by atoms with Gasteiger partial charge in [-0.3, -0.25) is 4.98 Å². The van der Waals surface area contributed by atoms with E-state index in [0.29, 0.717) is 30.4 Å². The molecule has 10 nitrogen and oxygen atoms in total. The molecule has 4 aromatic heterocycles. The largest absolute Gasteiger partial charge is 0.478 e. The summed E-state index contributed by atoms with van der Waals surface area (Å²) >= 11 is 0. The van der Waals surface area contributed by atoms with Crippen LogP contribution in [0.1, 0.15) is 10.4 Å². The highest BCUT2D eigenvalue weighted by Gasteiger charge is 2.19. The van der Waals surface area contributed by atoms with Crippen LogP contribution in [0.15, 0.2) is 73.2 Å². The molecular weight excluding hydrogens is 446 g/mol. The number of ether oxygens (including phenoxy) is 1. The zero-order valence-corrected chi connectivity index (χ0v) is 18.7. The summed E-state index contributed by atoms with van der Waals surface area (Å²) in [5.74, 6) is 0.560. The van der Waals surface area contributed by atoms with Crippen LogP contribution >= 0.6 is 0 Å². The third-order valence-electron chi connectivity index (χ3n) is 5.92. The number of aromatic nitrogens is 6. The molecular formula is C25H21N7O3. The van der Waals surface area contributed by atoms with Crippen LogP contribution in [-0.2, 0) is 4.74 Å². The molecule has 0 atom stereocenters. The van der Waals surface area contributed by atoms with Crippen LogP contribution in [0.4, 0.5) is 5.82 Å². The number of hydrogen-bond donors (Lipinski definition) is 1. The van der Waals surface area contributed by atoms with Gasteiger partial charge in [-0.1, -0.05) is 12.1 Å². The van der Waals surface area contributed by atoms with E-state index in [2.05, 4.69) is 15.0 Å². The maximum Gasteiger partial charge on any atom is 0.335 e. The molecule has 174 valence electrons. The Labute approximate surface area is 200 Å². The van der Waals surface area contributed by atoms with E-state index < -0.39 is 5.97 Å². The second-order valence-corrected chi connectivity index (χ2v) is 8.14. The predicted molar refractivity (Wildman–Crippen MR) is 129 cm³/mol. The highest BCUT2D eigenvalue weighted by atomic mass is 16.5. The van der Waals surface area contributed by atoms with Crippen LogP contribution in [0.2, 0.25) is 0 Å². The summed E-state index contributed by atoms with van der Waals surface area (Å²) in [5.41, 5.74) is 3.98. The van der Waals surface area contributed by atoms with Gasteiger partial charge in [-0.05, 0) is 30.3 Å². The Morgan fingerprint density at radius 3 is 2.60 bits per heavy atom. The molecule has 10 heteroatoms. The quantitative estimate of drug-likeness (QED) is 0.420. The number of fused-ring (bicyclic) bond motifs is 1. The average Bonchev–Trinajstić information content (AvgIpc) is 3.57. The van der Waals surface area contributed by atoms with Gasteiger partial charge < -0.3 is 14.7 Å². The van der Waals surface area contributed by atoms with Crippen LogP contribution in [-0.4, -0.2) is 66.7 Å². The van der Waals surface area contributed by atoms with E-state index in [4.69, 9.17) is 14.8 Å². The van der Waals surface area contributed by atoms with Crippen molar-refractivity contribution in [3.8, 4) is 28.3 Å². The van der Waals surface area contributed by atoms with E-state index in [-0.39, 0.29) is 5.56 Å². The first-order valence-corrected chi connectivity index (χ1v) is 11.2. The Balaban J connectivity index is 1.45. The van der Waals surface area contributed by atoms with Gasteiger partial charge in [0.15, 0.2) is 11.5 Å². The SMILES string of the molecule is O=C(O)c1cccc(-c2ccn(-c3cc(N4CCOCC4)n4nc(-c5cccnc5)cc4n3)n2)c1. The minimum atomic E-state index is -0.973. The molecule has 0 aliphatic carbocycles. The molecule has 35 heavy (non-hydrogen) atoms. The van der Waals surface area contributed by atoms with Gasteiger partial charge in [-0.25, -0.2) is 14.5 Å². The molecule has 0 spiro atoms. The average molecular weight is 467 g/mol. The molecule has 1 aromatic carbocycles.